The molecule has 2 aromatic heterocycles. The molecule has 1 aliphatic rings. The highest BCUT2D eigenvalue weighted by atomic mass is 35.5. The summed E-state index contributed by atoms with van der Waals surface area (Å²) in [6.45, 7) is 1.79. The van der Waals surface area contributed by atoms with E-state index in [2.05, 4.69) is 27.8 Å². The summed E-state index contributed by atoms with van der Waals surface area (Å²) < 4.78 is 10.5. The number of hydrogen-bond donors (Lipinski definition) is 1. The number of amides is 1. The Morgan fingerprint density at radius 2 is 1.87 bits per heavy atom. The van der Waals surface area contributed by atoms with Crippen LogP contribution >= 0.6 is 11.6 Å². The number of carbonyl (C=O) groups excluding carboxylic acids is 1. The van der Waals surface area contributed by atoms with Crippen molar-refractivity contribution in [2.45, 2.75) is 32.6 Å². The van der Waals surface area contributed by atoms with Gasteiger partial charge >= 0.3 is 0 Å². The van der Waals surface area contributed by atoms with Gasteiger partial charge < -0.3 is 4.42 Å². The predicted octanol–water partition coefficient (Wildman–Crippen LogP) is 4.94. The van der Waals surface area contributed by atoms with Gasteiger partial charge in [0, 0.05) is 16.7 Å². The van der Waals surface area contributed by atoms with Gasteiger partial charge in [-0.25, -0.2) is 4.63 Å². The number of halogens is 1. The normalized spacial score (nSPS) is 13.2. The second-order valence-corrected chi connectivity index (χ2v) is 8.09. The highest BCUT2D eigenvalue weighted by Crippen LogP contribution is 2.30. The van der Waals surface area contributed by atoms with E-state index in [-0.39, 0.29) is 22.6 Å². The van der Waals surface area contributed by atoms with Crippen LogP contribution in [0.5, 0.6) is 0 Å². The van der Waals surface area contributed by atoms with Crippen molar-refractivity contribution >= 4 is 34.3 Å². The van der Waals surface area contributed by atoms with Crippen LogP contribution in [0.25, 0.3) is 22.2 Å². The van der Waals surface area contributed by atoms with Crippen LogP contribution in [0.2, 0.25) is 5.02 Å². The van der Waals surface area contributed by atoms with Crippen LogP contribution in [-0.2, 0) is 12.8 Å². The SMILES string of the molecule is Cc1cc2oc(C(=O)Nc3nonc3-c3ccc4c(c3)CCCC4)cc(=O)c2cc1Cl. The Bertz CT molecular complexity index is 1390. The smallest absolute Gasteiger partial charge is 0.292 e. The number of aryl methyl sites for hydroxylation is 3. The largest absolute Gasteiger partial charge is 0.451 e. The molecule has 8 heteroatoms. The Morgan fingerprint density at radius 3 is 2.71 bits per heavy atom. The van der Waals surface area contributed by atoms with Gasteiger partial charge in [0.2, 0.25) is 5.82 Å². The minimum Gasteiger partial charge on any atom is -0.451 e. The lowest BCUT2D eigenvalue weighted by molar-refractivity contribution is 0.0996. The molecule has 0 unspecified atom stereocenters. The summed E-state index contributed by atoms with van der Waals surface area (Å²) in [6, 6.07) is 10.4. The predicted molar refractivity (Wildman–Crippen MR) is 117 cm³/mol. The van der Waals surface area contributed by atoms with E-state index in [1.165, 1.54) is 23.6 Å². The Labute approximate surface area is 182 Å². The van der Waals surface area contributed by atoms with Crippen molar-refractivity contribution in [1.82, 2.24) is 10.3 Å². The fourth-order valence-electron chi connectivity index (χ4n) is 3.90. The van der Waals surface area contributed by atoms with Gasteiger partial charge in [-0.05, 0) is 77.8 Å². The van der Waals surface area contributed by atoms with E-state index in [0.29, 0.717) is 16.1 Å². The highest BCUT2D eigenvalue weighted by molar-refractivity contribution is 6.32. The number of hydrogen-bond acceptors (Lipinski definition) is 6. The summed E-state index contributed by atoms with van der Waals surface area (Å²) in [5, 5.41) is 11.2. The zero-order valence-electron chi connectivity index (χ0n) is 16.7. The lowest BCUT2D eigenvalue weighted by Gasteiger charge is -2.16. The van der Waals surface area contributed by atoms with E-state index in [4.69, 9.17) is 20.6 Å². The Kier molecular flexibility index (Phi) is 4.82. The first-order chi connectivity index (χ1) is 15.0. The first-order valence-electron chi connectivity index (χ1n) is 10.00. The molecule has 0 radical (unpaired) electrons. The van der Waals surface area contributed by atoms with Crippen molar-refractivity contribution in [1.29, 1.82) is 0 Å². The Balaban J connectivity index is 1.47. The summed E-state index contributed by atoms with van der Waals surface area (Å²) >= 11 is 6.09. The third-order valence-corrected chi connectivity index (χ3v) is 5.98. The molecule has 1 amide bonds. The summed E-state index contributed by atoms with van der Waals surface area (Å²) in [5.41, 5.74) is 4.51. The van der Waals surface area contributed by atoms with Gasteiger partial charge in [0.15, 0.2) is 16.9 Å². The first kappa shape index (κ1) is 19.5. The fourth-order valence-corrected chi connectivity index (χ4v) is 4.06. The van der Waals surface area contributed by atoms with Gasteiger partial charge in [0.05, 0.1) is 5.39 Å². The van der Waals surface area contributed by atoms with E-state index in [1.54, 1.807) is 13.0 Å². The quantitative estimate of drug-likeness (QED) is 0.489. The molecule has 2 heterocycles. The minimum absolute atomic E-state index is 0.140. The molecule has 4 aromatic rings. The molecule has 0 saturated carbocycles. The van der Waals surface area contributed by atoms with E-state index in [9.17, 15) is 9.59 Å². The number of anilines is 1. The van der Waals surface area contributed by atoms with Crippen LogP contribution < -0.4 is 10.7 Å². The van der Waals surface area contributed by atoms with Crippen LogP contribution in [0.15, 0.2) is 50.2 Å². The molecular formula is C23H18ClN3O4. The maximum absolute atomic E-state index is 12.8. The van der Waals surface area contributed by atoms with Gasteiger partial charge in [0.25, 0.3) is 5.91 Å². The number of nitrogens with zero attached hydrogens (tertiary/aromatic N) is 2. The van der Waals surface area contributed by atoms with Gasteiger partial charge in [-0.1, -0.05) is 23.7 Å². The number of benzene rings is 2. The fraction of sp³-hybridized carbons (Fsp3) is 0.217. The number of aromatic nitrogens is 2. The van der Waals surface area contributed by atoms with E-state index in [0.717, 1.165) is 36.5 Å². The molecule has 0 fully saturated rings. The van der Waals surface area contributed by atoms with E-state index >= 15 is 0 Å². The molecule has 0 atom stereocenters. The second-order valence-electron chi connectivity index (χ2n) is 7.68. The van der Waals surface area contributed by atoms with E-state index in [1.807, 2.05) is 6.07 Å². The topological polar surface area (TPSA) is 98.2 Å². The molecular weight excluding hydrogens is 418 g/mol. The maximum atomic E-state index is 12.8. The molecule has 5 rings (SSSR count). The highest BCUT2D eigenvalue weighted by Gasteiger charge is 2.20. The average Bonchev–Trinajstić information content (AvgIpc) is 3.22. The van der Waals surface area contributed by atoms with Crippen molar-refractivity contribution in [2.75, 3.05) is 5.32 Å². The van der Waals surface area contributed by atoms with Gasteiger partial charge in [-0.15, -0.1) is 0 Å². The molecule has 0 aliphatic heterocycles. The van der Waals surface area contributed by atoms with Crippen LogP contribution in [0, 0.1) is 6.92 Å². The Morgan fingerprint density at radius 1 is 1.06 bits per heavy atom. The molecule has 31 heavy (non-hydrogen) atoms. The Hall–Kier alpha value is -3.45. The molecule has 0 bridgehead atoms. The number of rotatable bonds is 3. The van der Waals surface area contributed by atoms with Gasteiger partial charge in [-0.2, -0.15) is 0 Å². The molecule has 2 aromatic carbocycles. The van der Waals surface area contributed by atoms with E-state index < -0.39 is 5.91 Å². The van der Waals surface area contributed by atoms with Crippen LogP contribution in [0.1, 0.15) is 40.1 Å². The number of carbonyl (C=O) groups is 1. The zero-order valence-corrected chi connectivity index (χ0v) is 17.5. The van der Waals surface area contributed by atoms with Crippen LogP contribution in [-0.4, -0.2) is 16.2 Å². The first-order valence-corrected chi connectivity index (χ1v) is 10.4. The number of fused-ring (bicyclic) bond motifs is 2. The number of nitrogens with one attached hydrogen (secondary N) is 1. The molecule has 0 saturated heterocycles. The lowest BCUT2D eigenvalue weighted by atomic mass is 9.90. The third-order valence-electron chi connectivity index (χ3n) is 5.57. The van der Waals surface area contributed by atoms with Crippen molar-refractivity contribution in [3.8, 4) is 11.3 Å². The van der Waals surface area contributed by atoms with Gasteiger partial charge in [-0.3, -0.25) is 14.9 Å². The van der Waals surface area contributed by atoms with Crippen LogP contribution in [0.4, 0.5) is 5.82 Å². The summed E-state index contributed by atoms with van der Waals surface area (Å²) in [6.07, 6.45) is 4.44. The van der Waals surface area contributed by atoms with Crippen molar-refractivity contribution in [3.05, 3.63) is 74.1 Å². The minimum atomic E-state index is -0.624. The molecule has 1 aliphatic carbocycles. The van der Waals surface area contributed by atoms with Crippen molar-refractivity contribution in [2.24, 2.45) is 0 Å². The molecule has 0 spiro atoms. The molecule has 1 N–H and O–H groups in total. The summed E-state index contributed by atoms with van der Waals surface area (Å²) in [7, 11) is 0. The average molecular weight is 436 g/mol. The maximum Gasteiger partial charge on any atom is 0.292 e. The summed E-state index contributed by atoms with van der Waals surface area (Å²) in [4.78, 5) is 25.2. The molecule has 156 valence electrons. The summed E-state index contributed by atoms with van der Waals surface area (Å²) in [5.74, 6) is -0.601. The van der Waals surface area contributed by atoms with Crippen molar-refractivity contribution in [3.63, 3.8) is 0 Å². The standard InChI is InChI=1S/C23H18ClN3O4/c1-12-8-19-16(10-17(12)24)18(28)11-20(30-19)23(29)25-22-21(26-31-27-22)15-7-6-13-4-2-3-5-14(13)9-15/h6-11H,2-5H2,1H3,(H,25,27,29). The lowest BCUT2D eigenvalue weighted by Crippen LogP contribution is -2.15. The second kappa shape index (κ2) is 7.67. The molecule has 7 nitrogen and oxygen atoms in total. The zero-order chi connectivity index (χ0) is 21.5. The van der Waals surface area contributed by atoms with Crippen molar-refractivity contribution < 1.29 is 13.8 Å². The third kappa shape index (κ3) is 3.61. The van der Waals surface area contributed by atoms with Gasteiger partial charge in [0.1, 0.15) is 5.58 Å². The monoisotopic (exact) mass is 435 g/mol. The van der Waals surface area contributed by atoms with Crippen LogP contribution in [0.3, 0.4) is 0 Å².